The Morgan fingerprint density at radius 1 is 0.938 bits per heavy atom. The molecule has 1 heterocycles. The van der Waals surface area contributed by atoms with E-state index in [1.54, 1.807) is 12.1 Å². The number of carbonyl (C=O) groups is 1. The van der Waals surface area contributed by atoms with Crippen LogP contribution in [0.4, 0.5) is 10.1 Å². The van der Waals surface area contributed by atoms with Crippen LogP contribution in [0.5, 0.6) is 11.5 Å². The molecular weight excluding hydrogens is 427 g/mol. The average Bonchev–Trinajstić information content (AvgIpc) is 3.14. The van der Waals surface area contributed by atoms with Crippen LogP contribution in [0.25, 0.3) is 6.08 Å². The van der Waals surface area contributed by atoms with Gasteiger partial charge >= 0.3 is 0 Å². The molecule has 162 valence electrons. The summed E-state index contributed by atoms with van der Waals surface area (Å²) in [7, 11) is 0. The lowest BCUT2D eigenvalue weighted by atomic mass is 10.2. The molecule has 0 radical (unpaired) electrons. The second-order valence-corrected chi connectivity index (χ2v) is 7.92. The van der Waals surface area contributed by atoms with Crippen LogP contribution in [0, 0.1) is 5.82 Å². The summed E-state index contributed by atoms with van der Waals surface area (Å²) in [6.07, 6.45) is 1.81. The van der Waals surface area contributed by atoms with Crippen LogP contribution in [0.15, 0.2) is 82.7 Å². The zero-order valence-electron chi connectivity index (χ0n) is 17.4. The minimum absolute atomic E-state index is 0.184. The lowest BCUT2D eigenvalue weighted by molar-refractivity contribution is -0.115. The molecule has 0 saturated carbocycles. The summed E-state index contributed by atoms with van der Waals surface area (Å²) in [5.41, 5.74) is 2.50. The van der Waals surface area contributed by atoms with Gasteiger partial charge in [-0.15, -0.1) is 0 Å². The van der Waals surface area contributed by atoms with Crippen molar-refractivity contribution in [2.45, 2.75) is 13.5 Å². The van der Waals surface area contributed by atoms with Gasteiger partial charge in [-0.25, -0.2) is 9.38 Å². The summed E-state index contributed by atoms with van der Waals surface area (Å²) in [6, 6.07) is 21.0. The lowest BCUT2D eigenvalue weighted by Crippen LogP contribution is -2.19. The van der Waals surface area contributed by atoms with Gasteiger partial charge in [-0.3, -0.25) is 4.79 Å². The number of rotatable bonds is 7. The van der Waals surface area contributed by atoms with E-state index in [4.69, 9.17) is 9.47 Å². The normalized spacial score (nSPS) is 15.8. The molecule has 1 fully saturated rings. The SMILES string of the molecule is CCOc1ccc(N=C2NC(=O)/C(=C\c3ccc(OCc4ccc(F)cc4)cc3)S2)cc1. The molecule has 1 N–H and O–H groups in total. The number of hydrogen-bond acceptors (Lipinski definition) is 5. The Morgan fingerprint density at radius 3 is 2.28 bits per heavy atom. The molecule has 32 heavy (non-hydrogen) atoms. The zero-order valence-corrected chi connectivity index (χ0v) is 18.2. The van der Waals surface area contributed by atoms with Gasteiger partial charge in [0.2, 0.25) is 0 Å². The van der Waals surface area contributed by atoms with Gasteiger partial charge < -0.3 is 14.8 Å². The molecule has 1 aliphatic heterocycles. The number of nitrogens with zero attached hydrogens (tertiary/aromatic N) is 1. The fourth-order valence-electron chi connectivity index (χ4n) is 2.94. The topological polar surface area (TPSA) is 59.9 Å². The minimum Gasteiger partial charge on any atom is -0.494 e. The van der Waals surface area contributed by atoms with Crippen LogP contribution in [-0.4, -0.2) is 17.7 Å². The summed E-state index contributed by atoms with van der Waals surface area (Å²) in [5.74, 6) is 1.02. The number of aliphatic imine (C=N–C) groups is 1. The molecule has 3 aromatic rings. The van der Waals surface area contributed by atoms with Crippen molar-refractivity contribution in [1.29, 1.82) is 0 Å². The van der Waals surface area contributed by atoms with Crippen LogP contribution >= 0.6 is 11.8 Å². The molecule has 7 heteroatoms. The van der Waals surface area contributed by atoms with Gasteiger partial charge in [0.15, 0.2) is 5.17 Å². The van der Waals surface area contributed by atoms with Crippen LogP contribution in [0.2, 0.25) is 0 Å². The maximum atomic E-state index is 13.0. The third-order valence-corrected chi connectivity index (χ3v) is 5.44. The Hall–Kier alpha value is -3.58. The Kier molecular flexibility index (Phi) is 6.87. The summed E-state index contributed by atoms with van der Waals surface area (Å²) in [5, 5.41) is 3.32. The Bertz CT molecular complexity index is 1140. The fourth-order valence-corrected chi connectivity index (χ4v) is 3.78. The van der Waals surface area contributed by atoms with E-state index in [0.29, 0.717) is 29.0 Å². The monoisotopic (exact) mass is 448 g/mol. The average molecular weight is 449 g/mol. The standard InChI is InChI=1S/C25H21FN2O3S/c1-2-30-21-13-9-20(10-14-21)27-25-28-24(29)23(32-25)15-17-5-11-22(12-6-17)31-16-18-3-7-19(26)8-4-18/h3-15H,2,16H2,1H3,(H,27,28,29)/b23-15+. The minimum atomic E-state index is -0.271. The number of amides is 1. The number of ether oxygens (including phenoxy) is 2. The largest absolute Gasteiger partial charge is 0.494 e. The number of nitrogens with one attached hydrogen (secondary N) is 1. The smallest absolute Gasteiger partial charge is 0.264 e. The molecule has 1 aliphatic rings. The first-order chi connectivity index (χ1) is 15.6. The highest BCUT2D eigenvalue weighted by molar-refractivity contribution is 8.18. The van der Waals surface area contributed by atoms with Crippen molar-refractivity contribution in [3.63, 3.8) is 0 Å². The van der Waals surface area contributed by atoms with E-state index in [0.717, 1.165) is 22.6 Å². The van der Waals surface area contributed by atoms with E-state index in [1.807, 2.05) is 61.5 Å². The first kappa shape index (κ1) is 21.6. The van der Waals surface area contributed by atoms with Crippen LogP contribution in [0.1, 0.15) is 18.1 Å². The molecule has 1 saturated heterocycles. The van der Waals surface area contributed by atoms with Gasteiger partial charge in [-0.1, -0.05) is 24.3 Å². The van der Waals surface area contributed by atoms with Crippen molar-refractivity contribution >= 4 is 34.6 Å². The van der Waals surface area contributed by atoms with Crippen molar-refractivity contribution in [1.82, 2.24) is 5.32 Å². The molecule has 0 unspecified atom stereocenters. The Balaban J connectivity index is 1.37. The maximum Gasteiger partial charge on any atom is 0.264 e. The highest BCUT2D eigenvalue weighted by atomic mass is 32.2. The van der Waals surface area contributed by atoms with E-state index < -0.39 is 0 Å². The molecule has 4 rings (SSSR count). The number of benzene rings is 3. The van der Waals surface area contributed by atoms with E-state index in [9.17, 15) is 9.18 Å². The summed E-state index contributed by atoms with van der Waals surface area (Å²) < 4.78 is 24.1. The van der Waals surface area contributed by atoms with Crippen LogP contribution in [-0.2, 0) is 11.4 Å². The summed E-state index contributed by atoms with van der Waals surface area (Å²) in [4.78, 5) is 17.4. The lowest BCUT2D eigenvalue weighted by Gasteiger charge is -2.06. The quantitative estimate of drug-likeness (QED) is 0.472. The van der Waals surface area contributed by atoms with Crippen molar-refractivity contribution in [3.8, 4) is 11.5 Å². The second kappa shape index (κ2) is 10.2. The third kappa shape index (κ3) is 5.76. The van der Waals surface area contributed by atoms with Crippen molar-refractivity contribution in [2.24, 2.45) is 4.99 Å². The molecular formula is C25H21FN2O3S. The van der Waals surface area contributed by atoms with Crippen molar-refractivity contribution in [3.05, 3.63) is 94.6 Å². The molecule has 5 nitrogen and oxygen atoms in total. The second-order valence-electron chi connectivity index (χ2n) is 6.89. The van der Waals surface area contributed by atoms with E-state index in [1.165, 1.54) is 23.9 Å². The van der Waals surface area contributed by atoms with Gasteiger partial charge in [0.1, 0.15) is 23.9 Å². The van der Waals surface area contributed by atoms with Gasteiger partial charge in [0.25, 0.3) is 5.91 Å². The Labute approximate surface area is 190 Å². The molecule has 3 aromatic carbocycles. The van der Waals surface area contributed by atoms with Crippen molar-refractivity contribution in [2.75, 3.05) is 6.61 Å². The zero-order chi connectivity index (χ0) is 22.3. The summed E-state index contributed by atoms with van der Waals surface area (Å²) >= 11 is 1.29. The molecule has 0 atom stereocenters. The van der Waals surface area contributed by atoms with Gasteiger partial charge in [-0.05, 0) is 84.4 Å². The molecule has 1 amide bonds. The third-order valence-electron chi connectivity index (χ3n) is 4.53. The highest BCUT2D eigenvalue weighted by Crippen LogP contribution is 2.29. The number of hydrogen-bond donors (Lipinski definition) is 1. The molecule has 0 aromatic heterocycles. The predicted octanol–water partition coefficient (Wildman–Crippen LogP) is 5.70. The van der Waals surface area contributed by atoms with Crippen LogP contribution < -0.4 is 14.8 Å². The maximum absolute atomic E-state index is 13.0. The van der Waals surface area contributed by atoms with Gasteiger partial charge in [0.05, 0.1) is 17.2 Å². The highest BCUT2D eigenvalue weighted by Gasteiger charge is 2.23. The Morgan fingerprint density at radius 2 is 1.59 bits per heavy atom. The fraction of sp³-hybridized carbons (Fsp3) is 0.120. The number of thioether (sulfide) groups is 1. The number of carbonyl (C=O) groups excluding carboxylic acids is 1. The van der Waals surface area contributed by atoms with Gasteiger partial charge in [0, 0.05) is 0 Å². The van der Waals surface area contributed by atoms with Crippen LogP contribution in [0.3, 0.4) is 0 Å². The summed E-state index contributed by atoms with van der Waals surface area (Å²) in [6.45, 7) is 2.89. The predicted molar refractivity (Wildman–Crippen MR) is 126 cm³/mol. The van der Waals surface area contributed by atoms with Gasteiger partial charge in [-0.2, -0.15) is 0 Å². The molecule has 0 aliphatic carbocycles. The molecule has 0 spiro atoms. The first-order valence-corrected chi connectivity index (χ1v) is 10.9. The van der Waals surface area contributed by atoms with E-state index in [2.05, 4.69) is 10.3 Å². The van der Waals surface area contributed by atoms with Crippen molar-refractivity contribution < 1.29 is 18.7 Å². The number of amidine groups is 1. The first-order valence-electron chi connectivity index (χ1n) is 10.1. The number of halogens is 1. The van der Waals surface area contributed by atoms with E-state index in [-0.39, 0.29) is 11.7 Å². The molecule has 0 bridgehead atoms. The van der Waals surface area contributed by atoms with E-state index >= 15 is 0 Å².